The zero-order valence-electron chi connectivity index (χ0n) is 17.1. The predicted octanol–water partition coefficient (Wildman–Crippen LogP) is 5.60. The Morgan fingerprint density at radius 1 is 1.07 bits per heavy atom. The lowest BCUT2D eigenvalue weighted by Gasteiger charge is -2.42. The van der Waals surface area contributed by atoms with E-state index >= 15 is 0 Å². The number of carbonyl (C=O) groups is 1. The topological polar surface area (TPSA) is 38.3 Å². The third kappa shape index (κ3) is 5.13. The van der Waals surface area contributed by atoms with Crippen molar-refractivity contribution in [3.63, 3.8) is 0 Å². The normalized spacial score (nSPS) is 26.6. The molecule has 1 N–H and O–H groups in total. The molecular weight excluding hydrogens is 334 g/mol. The lowest BCUT2D eigenvalue weighted by molar-refractivity contribution is -0.160. The summed E-state index contributed by atoms with van der Waals surface area (Å²) in [6.07, 6.45) is 13.1. The molecular formula is C24H37NO2. The molecule has 3 rings (SSSR count). The van der Waals surface area contributed by atoms with Gasteiger partial charge >= 0.3 is 5.97 Å². The maximum Gasteiger partial charge on any atom is 0.312 e. The predicted molar refractivity (Wildman–Crippen MR) is 111 cm³/mol. The van der Waals surface area contributed by atoms with Crippen molar-refractivity contribution < 1.29 is 9.53 Å². The number of esters is 1. The van der Waals surface area contributed by atoms with Crippen LogP contribution in [0.3, 0.4) is 0 Å². The van der Waals surface area contributed by atoms with Crippen molar-refractivity contribution in [2.75, 3.05) is 13.2 Å². The lowest BCUT2D eigenvalue weighted by Crippen LogP contribution is -2.42. The van der Waals surface area contributed by atoms with Crippen LogP contribution >= 0.6 is 0 Å². The van der Waals surface area contributed by atoms with E-state index in [0.29, 0.717) is 18.6 Å². The van der Waals surface area contributed by atoms with Crippen LogP contribution in [0.25, 0.3) is 0 Å². The first-order chi connectivity index (χ1) is 13.3. The quantitative estimate of drug-likeness (QED) is 0.478. The van der Waals surface area contributed by atoms with E-state index in [1.165, 1.54) is 44.1 Å². The van der Waals surface area contributed by atoms with Gasteiger partial charge in [0.2, 0.25) is 0 Å². The second-order valence-corrected chi connectivity index (χ2v) is 8.48. The maximum atomic E-state index is 13.2. The summed E-state index contributed by atoms with van der Waals surface area (Å²) in [5.41, 5.74) is 0.967. The van der Waals surface area contributed by atoms with Crippen LogP contribution < -0.4 is 5.32 Å². The summed E-state index contributed by atoms with van der Waals surface area (Å²) in [6, 6.07) is 11.4. The Hall–Kier alpha value is -1.35. The van der Waals surface area contributed by atoms with Gasteiger partial charge < -0.3 is 10.1 Å². The van der Waals surface area contributed by atoms with Crippen molar-refractivity contribution in [1.82, 2.24) is 5.32 Å². The smallest absolute Gasteiger partial charge is 0.312 e. The first-order valence-corrected chi connectivity index (χ1v) is 11.2. The first kappa shape index (κ1) is 20.4. The molecule has 0 spiro atoms. The van der Waals surface area contributed by atoms with Crippen molar-refractivity contribution in [2.24, 2.45) is 5.41 Å². The van der Waals surface area contributed by atoms with Crippen LogP contribution in [0.5, 0.6) is 0 Å². The molecule has 1 aromatic rings. The molecule has 1 aromatic carbocycles. The minimum atomic E-state index is -0.343. The molecule has 2 aliphatic carbocycles. The van der Waals surface area contributed by atoms with Crippen LogP contribution in [-0.2, 0) is 9.53 Å². The van der Waals surface area contributed by atoms with Gasteiger partial charge in [-0.15, -0.1) is 0 Å². The van der Waals surface area contributed by atoms with Gasteiger partial charge in [0.1, 0.15) is 0 Å². The highest BCUT2D eigenvalue weighted by Gasteiger charge is 2.48. The molecule has 2 unspecified atom stereocenters. The summed E-state index contributed by atoms with van der Waals surface area (Å²) in [6.45, 7) is 3.42. The number of nitrogens with one attached hydrogen (secondary N) is 1. The largest absolute Gasteiger partial charge is 0.466 e. The number of ether oxygens (including phenoxy) is 1. The summed E-state index contributed by atoms with van der Waals surface area (Å²) in [5, 5.41) is 3.75. The SMILES string of the molecule is CCOC(=O)C1(CCCNC2CCCCC2)CCCCC1c1ccccc1. The highest BCUT2D eigenvalue weighted by Crippen LogP contribution is 2.51. The van der Waals surface area contributed by atoms with Gasteiger partial charge in [-0.3, -0.25) is 4.79 Å². The van der Waals surface area contributed by atoms with Gasteiger partial charge in [-0.25, -0.2) is 0 Å². The molecule has 3 heteroatoms. The van der Waals surface area contributed by atoms with Gasteiger partial charge in [-0.2, -0.15) is 0 Å². The van der Waals surface area contributed by atoms with Crippen molar-refractivity contribution in [2.45, 2.75) is 89.5 Å². The third-order valence-electron chi connectivity index (χ3n) is 6.75. The Morgan fingerprint density at radius 2 is 1.81 bits per heavy atom. The molecule has 2 atom stereocenters. The summed E-state index contributed by atoms with van der Waals surface area (Å²) in [4.78, 5) is 13.2. The molecule has 0 bridgehead atoms. The van der Waals surface area contributed by atoms with E-state index in [1.54, 1.807) is 0 Å². The Bertz CT molecular complexity index is 567. The van der Waals surface area contributed by atoms with Crippen molar-refractivity contribution in [3.8, 4) is 0 Å². The summed E-state index contributed by atoms with van der Waals surface area (Å²) < 4.78 is 5.62. The maximum absolute atomic E-state index is 13.2. The van der Waals surface area contributed by atoms with Crippen LogP contribution in [0.2, 0.25) is 0 Å². The van der Waals surface area contributed by atoms with Crippen LogP contribution in [0.1, 0.15) is 89.0 Å². The summed E-state index contributed by atoms with van der Waals surface area (Å²) in [5.74, 6) is 0.331. The first-order valence-electron chi connectivity index (χ1n) is 11.2. The zero-order chi connectivity index (χ0) is 19.0. The van der Waals surface area contributed by atoms with Gasteiger partial charge in [0.25, 0.3) is 0 Å². The molecule has 0 aromatic heterocycles. The van der Waals surface area contributed by atoms with Gasteiger partial charge in [0.05, 0.1) is 12.0 Å². The van der Waals surface area contributed by atoms with E-state index < -0.39 is 0 Å². The van der Waals surface area contributed by atoms with E-state index in [1.807, 2.05) is 6.92 Å². The molecule has 0 radical (unpaired) electrons. The summed E-state index contributed by atoms with van der Waals surface area (Å²) >= 11 is 0. The Balaban J connectivity index is 1.68. The van der Waals surface area contributed by atoms with Crippen LogP contribution in [-0.4, -0.2) is 25.2 Å². The standard InChI is InChI=1S/C24H37NO2/c1-2-27-23(26)24(18-11-19-25-21-14-7-4-8-15-21)17-10-9-16-22(24)20-12-5-3-6-13-20/h3,5-6,12-13,21-22,25H,2,4,7-11,14-19H2,1H3. The van der Waals surface area contributed by atoms with Crippen molar-refractivity contribution in [3.05, 3.63) is 35.9 Å². The average molecular weight is 372 g/mol. The van der Waals surface area contributed by atoms with Crippen molar-refractivity contribution >= 4 is 5.97 Å². The van der Waals surface area contributed by atoms with Crippen LogP contribution in [0, 0.1) is 5.41 Å². The van der Waals surface area contributed by atoms with E-state index in [2.05, 4.69) is 35.6 Å². The fraction of sp³-hybridized carbons (Fsp3) is 0.708. The molecule has 3 nitrogen and oxygen atoms in total. The Morgan fingerprint density at radius 3 is 2.56 bits per heavy atom. The molecule has 2 aliphatic rings. The molecule has 150 valence electrons. The fourth-order valence-electron chi connectivity index (χ4n) is 5.35. The van der Waals surface area contributed by atoms with Gasteiger partial charge in [0.15, 0.2) is 0 Å². The van der Waals surface area contributed by atoms with Crippen LogP contribution in [0.15, 0.2) is 30.3 Å². The monoisotopic (exact) mass is 371 g/mol. The van der Waals surface area contributed by atoms with Gasteiger partial charge in [0, 0.05) is 6.04 Å². The number of hydrogen-bond donors (Lipinski definition) is 1. The zero-order valence-corrected chi connectivity index (χ0v) is 17.1. The van der Waals surface area contributed by atoms with Gasteiger partial charge in [-0.1, -0.05) is 62.4 Å². The highest BCUT2D eigenvalue weighted by molar-refractivity contribution is 5.78. The molecule has 0 amide bonds. The molecule has 2 fully saturated rings. The van der Waals surface area contributed by atoms with E-state index in [-0.39, 0.29) is 11.4 Å². The highest BCUT2D eigenvalue weighted by atomic mass is 16.5. The van der Waals surface area contributed by atoms with E-state index in [9.17, 15) is 4.79 Å². The summed E-state index contributed by atoms with van der Waals surface area (Å²) in [7, 11) is 0. The van der Waals surface area contributed by atoms with Crippen LogP contribution in [0.4, 0.5) is 0 Å². The molecule has 2 saturated carbocycles. The number of benzene rings is 1. The number of rotatable bonds is 8. The third-order valence-corrected chi connectivity index (χ3v) is 6.75. The van der Waals surface area contributed by atoms with Gasteiger partial charge in [-0.05, 0) is 63.5 Å². The Labute approximate surface area is 165 Å². The second kappa shape index (κ2) is 10.3. The fourth-order valence-corrected chi connectivity index (χ4v) is 5.35. The Kier molecular flexibility index (Phi) is 7.75. The minimum absolute atomic E-state index is 0.0382. The second-order valence-electron chi connectivity index (χ2n) is 8.48. The minimum Gasteiger partial charge on any atom is -0.466 e. The average Bonchev–Trinajstić information content (AvgIpc) is 2.73. The molecule has 0 aliphatic heterocycles. The number of carbonyl (C=O) groups excluding carboxylic acids is 1. The van der Waals surface area contributed by atoms with E-state index in [0.717, 1.165) is 38.6 Å². The lowest BCUT2D eigenvalue weighted by atomic mass is 9.61. The molecule has 0 saturated heterocycles. The molecule has 0 heterocycles. The van der Waals surface area contributed by atoms with E-state index in [4.69, 9.17) is 4.74 Å². The number of hydrogen-bond acceptors (Lipinski definition) is 3. The van der Waals surface area contributed by atoms with Crippen molar-refractivity contribution in [1.29, 1.82) is 0 Å². The molecule has 27 heavy (non-hydrogen) atoms.